The highest BCUT2D eigenvalue weighted by atomic mass is 35.5. The molecule has 7 heteroatoms. The third-order valence-electron chi connectivity index (χ3n) is 4.96. The molecule has 4 rings (SSSR count). The van der Waals surface area contributed by atoms with Crippen molar-refractivity contribution in [2.45, 2.75) is 12.5 Å². The zero-order valence-electron chi connectivity index (χ0n) is 15.6. The van der Waals surface area contributed by atoms with Gasteiger partial charge in [0.2, 0.25) is 5.90 Å². The number of hydrogen-bond acceptors (Lipinski definition) is 5. The molecule has 30 heavy (non-hydrogen) atoms. The highest BCUT2D eigenvalue weighted by molar-refractivity contribution is 6.35. The van der Waals surface area contributed by atoms with E-state index in [0.29, 0.717) is 27.1 Å². The summed E-state index contributed by atoms with van der Waals surface area (Å²) < 4.78 is 11.6. The number of rotatable bonds is 4. The molecule has 0 spiro atoms. The van der Waals surface area contributed by atoms with Crippen LogP contribution >= 0.6 is 23.2 Å². The molecule has 0 amide bonds. The predicted molar refractivity (Wildman–Crippen MR) is 115 cm³/mol. The lowest BCUT2D eigenvalue weighted by Gasteiger charge is -2.31. The number of phenols is 1. The minimum Gasteiger partial charge on any atom is -0.508 e. The van der Waals surface area contributed by atoms with Crippen LogP contribution in [0.1, 0.15) is 22.6 Å². The van der Waals surface area contributed by atoms with Crippen LogP contribution in [0.2, 0.25) is 10.0 Å². The van der Waals surface area contributed by atoms with E-state index in [1.54, 1.807) is 24.3 Å². The van der Waals surface area contributed by atoms with Crippen molar-refractivity contribution in [3.63, 3.8) is 0 Å². The summed E-state index contributed by atoms with van der Waals surface area (Å²) in [7, 11) is 0. The lowest BCUT2D eigenvalue weighted by atomic mass is 9.78. The maximum atomic E-state index is 9.80. The molecule has 3 aromatic rings. The molecule has 2 unspecified atom stereocenters. The molecule has 150 valence electrons. The van der Waals surface area contributed by atoms with Gasteiger partial charge in [0.25, 0.3) is 0 Å². The molecule has 2 N–H and O–H groups in total. The lowest BCUT2D eigenvalue weighted by molar-refractivity contribution is 0.300. The van der Waals surface area contributed by atoms with Crippen molar-refractivity contribution in [2.24, 2.45) is 5.92 Å². The molecule has 0 aliphatic carbocycles. The molecular weight excluding hydrogens is 423 g/mol. The van der Waals surface area contributed by atoms with E-state index in [1.165, 1.54) is 12.1 Å². The number of phenolic OH excluding ortho intramolecular Hbond substituents is 1. The first-order valence-electron chi connectivity index (χ1n) is 9.12. The molecular formula is C23H16Cl2N2O3. The molecule has 1 aliphatic heterocycles. The zero-order valence-corrected chi connectivity index (χ0v) is 17.1. The van der Waals surface area contributed by atoms with Crippen LogP contribution in [0.5, 0.6) is 17.2 Å². The maximum Gasteiger partial charge on any atom is 0.205 e. The monoisotopic (exact) mass is 438 g/mol. The van der Waals surface area contributed by atoms with E-state index >= 15 is 0 Å². The van der Waals surface area contributed by atoms with Crippen LogP contribution in [0.25, 0.3) is 0 Å². The number of halogens is 2. The predicted octanol–water partition coefficient (Wildman–Crippen LogP) is 5.92. The fraction of sp³-hybridized carbons (Fsp3) is 0.130. The topological polar surface area (TPSA) is 86.3 Å². The average Bonchev–Trinajstić information content (AvgIpc) is 2.72. The second-order valence-corrected chi connectivity index (χ2v) is 7.68. The van der Waals surface area contributed by atoms with Crippen molar-refractivity contribution in [1.29, 1.82) is 10.7 Å². The first-order chi connectivity index (χ1) is 14.5. The summed E-state index contributed by atoms with van der Waals surface area (Å²) in [5.74, 6) is -0.530. The number of hydrogen-bond donors (Lipinski definition) is 2. The quantitative estimate of drug-likeness (QED) is 0.529. The van der Waals surface area contributed by atoms with Gasteiger partial charge in [-0.15, -0.1) is 0 Å². The molecule has 1 aliphatic rings. The van der Waals surface area contributed by atoms with E-state index in [1.807, 2.05) is 24.3 Å². The van der Waals surface area contributed by atoms with Gasteiger partial charge in [-0.2, -0.15) is 5.26 Å². The molecule has 0 radical (unpaired) electrons. The number of nitriles is 1. The Morgan fingerprint density at radius 3 is 2.63 bits per heavy atom. The largest absolute Gasteiger partial charge is 0.508 e. The van der Waals surface area contributed by atoms with Crippen LogP contribution < -0.4 is 9.47 Å². The minimum atomic E-state index is -0.828. The van der Waals surface area contributed by atoms with Crippen molar-refractivity contribution < 1.29 is 14.6 Å². The van der Waals surface area contributed by atoms with Crippen LogP contribution in [0.3, 0.4) is 0 Å². The lowest BCUT2D eigenvalue weighted by Crippen LogP contribution is -2.31. The molecule has 0 saturated heterocycles. The molecule has 0 aromatic heterocycles. The first-order valence-corrected chi connectivity index (χ1v) is 9.88. The Labute approximate surface area is 183 Å². The Kier molecular flexibility index (Phi) is 5.54. The van der Waals surface area contributed by atoms with Gasteiger partial charge in [-0.25, -0.2) is 0 Å². The van der Waals surface area contributed by atoms with Gasteiger partial charge in [-0.05, 0) is 24.3 Å². The zero-order chi connectivity index (χ0) is 21.3. The molecule has 2 atom stereocenters. The van der Waals surface area contributed by atoms with Crippen molar-refractivity contribution in [2.75, 3.05) is 0 Å². The number of ether oxygens (including phenoxy) is 2. The molecule has 0 saturated carbocycles. The second kappa shape index (κ2) is 8.27. The fourth-order valence-corrected chi connectivity index (χ4v) is 3.99. The van der Waals surface area contributed by atoms with E-state index in [-0.39, 0.29) is 18.3 Å². The van der Waals surface area contributed by atoms with Gasteiger partial charge >= 0.3 is 0 Å². The summed E-state index contributed by atoms with van der Waals surface area (Å²) in [6.07, 6.45) is 0. The van der Waals surface area contributed by atoms with Crippen LogP contribution in [-0.2, 0) is 6.61 Å². The number of aromatic hydroxyl groups is 1. The Morgan fingerprint density at radius 2 is 1.87 bits per heavy atom. The van der Waals surface area contributed by atoms with E-state index < -0.39 is 11.8 Å². The summed E-state index contributed by atoms with van der Waals surface area (Å²) in [5.41, 5.74) is 2.22. The van der Waals surface area contributed by atoms with Gasteiger partial charge in [-0.1, -0.05) is 53.5 Å². The number of benzene rings is 3. The Hall–Kier alpha value is -3.20. The Balaban J connectivity index is 1.73. The van der Waals surface area contributed by atoms with Crippen molar-refractivity contribution in [3.05, 3.63) is 87.4 Å². The molecule has 1 heterocycles. The average molecular weight is 439 g/mol. The third-order valence-corrected chi connectivity index (χ3v) is 5.55. The second-order valence-electron chi connectivity index (χ2n) is 6.84. The summed E-state index contributed by atoms with van der Waals surface area (Å²) in [4.78, 5) is 0. The van der Waals surface area contributed by atoms with Gasteiger partial charge in [-0.3, -0.25) is 5.41 Å². The van der Waals surface area contributed by atoms with Crippen molar-refractivity contribution in [3.8, 4) is 23.3 Å². The Morgan fingerprint density at radius 1 is 1.07 bits per heavy atom. The number of nitrogens with one attached hydrogen (secondary N) is 1. The van der Waals surface area contributed by atoms with Crippen LogP contribution in [0, 0.1) is 22.7 Å². The van der Waals surface area contributed by atoms with Crippen LogP contribution in [-0.4, -0.2) is 11.0 Å². The Bertz CT molecular complexity index is 1170. The standard InChI is InChI=1S/C23H16Cl2N2O3/c24-14-6-5-13(19(25)9-14)12-29-20-4-2-1-3-16(20)22-17-8-7-15(28)10-21(17)30-23(27)18(22)11-26/h1-10,18,22,27-28H,12H2. The van der Waals surface area contributed by atoms with Gasteiger partial charge in [0.15, 0.2) is 0 Å². The van der Waals surface area contributed by atoms with E-state index in [0.717, 1.165) is 11.1 Å². The van der Waals surface area contributed by atoms with Crippen molar-refractivity contribution >= 4 is 29.1 Å². The number of fused-ring (bicyclic) bond motifs is 1. The summed E-state index contributed by atoms with van der Waals surface area (Å²) in [6, 6.07) is 19.4. The molecule has 0 bridgehead atoms. The fourth-order valence-electron chi connectivity index (χ4n) is 3.52. The summed E-state index contributed by atoms with van der Waals surface area (Å²) in [6.45, 7) is 0.216. The third kappa shape index (κ3) is 3.80. The van der Waals surface area contributed by atoms with Gasteiger partial charge in [0, 0.05) is 38.7 Å². The normalized spacial score (nSPS) is 17.6. The first kappa shape index (κ1) is 20.1. The highest BCUT2D eigenvalue weighted by Crippen LogP contribution is 2.46. The van der Waals surface area contributed by atoms with Gasteiger partial charge in [0.1, 0.15) is 29.8 Å². The van der Waals surface area contributed by atoms with Crippen molar-refractivity contribution in [1.82, 2.24) is 0 Å². The van der Waals surface area contributed by atoms with Crippen LogP contribution in [0.15, 0.2) is 60.7 Å². The van der Waals surface area contributed by atoms with E-state index in [2.05, 4.69) is 6.07 Å². The maximum absolute atomic E-state index is 9.80. The summed E-state index contributed by atoms with van der Waals surface area (Å²) >= 11 is 12.2. The smallest absolute Gasteiger partial charge is 0.205 e. The number of nitrogens with zero attached hydrogens (tertiary/aromatic N) is 1. The van der Waals surface area contributed by atoms with Gasteiger partial charge in [0.05, 0.1) is 6.07 Å². The number of para-hydroxylation sites is 1. The molecule has 5 nitrogen and oxygen atoms in total. The van der Waals surface area contributed by atoms with E-state index in [9.17, 15) is 10.4 Å². The van der Waals surface area contributed by atoms with Crippen LogP contribution in [0.4, 0.5) is 0 Å². The van der Waals surface area contributed by atoms with E-state index in [4.69, 9.17) is 38.1 Å². The highest BCUT2D eigenvalue weighted by Gasteiger charge is 2.38. The molecule has 0 fully saturated rings. The molecule has 3 aromatic carbocycles. The minimum absolute atomic E-state index is 0.0256. The SMILES string of the molecule is N#CC1C(=N)Oc2cc(O)ccc2C1c1ccccc1OCc1ccc(Cl)cc1Cl. The summed E-state index contributed by atoms with van der Waals surface area (Å²) in [5, 5.41) is 28.8. The van der Waals surface area contributed by atoms with Gasteiger partial charge < -0.3 is 14.6 Å².